The van der Waals surface area contributed by atoms with Crippen molar-refractivity contribution in [2.75, 3.05) is 61.8 Å². The number of hydrogen-bond acceptors (Lipinski definition) is 6. The Balaban J connectivity index is 0.00000450. The molecule has 1 heterocycles. The lowest BCUT2D eigenvalue weighted by Crippen LogP contribution is -2.46. The highest BCUT2D eigenvalue weighted by Crippen LogP contribution is 2.38. The van der Waals surface area contributed by atoms with Gasteiger partial charge in [-0.15, -0.1) is 24.0 Å². The summed E-state index contributed by atoms with van der Waals surface area (Å²) >= 11 is 0. The van der Waals surface area contributed by atoms with Gasteiger partial charge in [-0.2, -0.15) is 0 Å². The van der Waals surface area contributed by atoms with E-state index >= 15 is 0 Å². The molecule has 1 saturated heterocycles. The number of methoxy groups -OCH3 is 4. The molecule has 0 radical (unpaired) electrons. The predicted octanol–water partition coefficient (Wildman–Crippen LogP) is 2.92. The summed E-state index contributed by atoms with van der Waals surface area (Å²) in [4.78, 5) is 6.71. The van der Waals surface area contributed by atoms with Crippen molar-refractivity contribution in [1.29, 1.82) is 0 Å². The molecule has 30 heavy (non-hydrogen) atoms. The first-order chi connectivity index (χ1) is 14.2. The van der Waals surface area contributed by atoms with Crippen LogP contribution in [0.25, 0.3) is 0 Å². The third-order valence-electron chi connectivity index (χ3n) is 4.97. The third-order valence-corrected chi connectivity index (χ3v) is 4.97. The van der Waals surface area contributed by atoms with E-state index in [1.807, 2.05) is 19.2 Å². The molecule has 1 N–H and O–H groups in total. The standard InChI is InChI=1S/C21H35N3O5.HI/c1-22-21(24-9-7-17(8-10-24)29-12-6-11-25-2)23-15-16-13-18(26-3)20(28-5)19(14-16)27-4;/h13-14,17H,6-12,15H2,1-5H3,(H,22,23);1H. The van der Waals surface area contributed by atoms with Gasteiger partial charge in [0.15, 0.2) is 17.5 Å². The zero-order chi connectivity index (χ0) is 21.1. The summed E-state index contributed by atoms with van der Waals surface area (Å²) in [7, 11) is 8.37. The van der Waals surface area contributed by atoms with Gasteiger partial charge in [0.25, 0.3) is 0 Å². The summed E-state index contributed by atoms with van der Waals surface area (Å²) in [6.45, 7) is 3.95. The van der Waals surface area contributed by atoms with Gasteiger partial charge in [-0.05, 0) is 37.0 Å². The first-order valence-electron chi connectivity index (χ1n) is 10.0. The molecule has 9 heteroatoms. The van der Waals surface area contributed by atoms with Crippen LogP contribution in [0.2, 0.25) is 0 Å². The number of guanidine groups is 1. The van der Waals surface area contributed by atoms with Crippen molar-refractivity contribution in [3.63, 3.8) is 0 Å². The number of piperidine rings is 1. The second-order valence-corrected chi connectivity index (χ2v) is 6.84. The molecule has 0 atom stereocenters. The Morgan fingerprint density at radius 2 is 1.67 bits per heavy atom. The molecule has 8 nitrogen and oxygen atoms in total. The monoisotopic (exact) mass is 537 g/mol. The molecule has 1 aliphatic heterocycles. The maximum absolute atomic E-state index is 5.94. The van der Waals surface area contributed by atoms with E-state index in [9.17, 15) is 0 Å². The van der Waals surface area contributed by atoms with Gasteiger partial charge < -0.3 is 33.9 Å². The molecule has 172 valence electrons. The Bertz CT molecular complexity index is 627. The third kappa shape index (κ3) is 7.66. The lowest BCUT2D eigenvalue weighted by atomic mass is 10.1. The van der Waals surface area contributed by atoms with Crippen molar-refractivity contribution in [2.45, 2.75) is 31.9 Å². The van der Waals surface area contributed by atoms with Gasteiger partial charge >= 0.3 is 0 Å². The molecule has 0 aromatic heterocycles. The molecule has 0 unspecified atom stereocenters. The van der Waals surface area contributed by atoms with Crippen molar-refractivity contribution in [3.8, 4) is 17.2 Å². The van der Waals surface area contributed by atoms with E-state index in [0.29, 0.717) is 29.9 Å². The number of ether oxygens (including phenoxy) is 5. The minimum atomic E-state index is 0. The number of benzene rings is 1. The average Bonchev–Trinajstić information content (AvgIpc) is 2.77. The minimum absolute atomic E-state index is 0. The summed E-state index contributed by atoms with van der Waals surface area (Å²) in [5.74, 6) is 2.77. The van der Waals surface area contributed by atoms with Crippen LogP contribution in [0.3, 0.4) is 0 Å². The zero-order valence-corrected chi connectivity index (χ0v) is 21.1. The first kappa shape index (κ1) is 26.6. The van der Waals surface area contributed by atoms with Crippen LogP contribution >= 0.6 is 24.0 Å². The Morgan fingerprint density at radius 1 is 1.03 bits per heavy atom. The summed E-state index contributed by atoms with van der Waals surface area (Å²) in [6, 6.07) is 3.89. The predicted molar refractivity (Wildman–Crippen MR) is 129 cm³/mol. The summed E-state index contributed by atoms with van der Waals surface area (Å²) in [5.41, 5.74) is 1.03. The molecule has 1 aromatic carbocycles. The summed E-state index contributed by atoms with van der Waals surface area (Å²) < 4.78 is 27.3. The number of rotatable bonds is 10. The number of likely N-dealkylation sites (tertiary alicyclic amines) is 1. The lowest BCUT2D eigenvalue weighted by molar-refractivity contribution is 0.00989. The largest absolute Gasteiger partial charge is 0.493 e. The van der Waals surface area contributed by atoms with Crippen LogP contribution in [-0.2, 0) is 16.0 Å². The fourth-order valence-electron chi connectivity index (χ4n) is 3.44. The van der Waals surface area contributed by atoms with Gasteiger partial charge in [-0.3, -0.25) is 4.99 Å². The van der Waals surface area contributed by atoms with Crippen molar-refractivity contribution in [3.05, 3.63) is 17.7 Å². The van der Waals surface area contributed by atoms with E-state index in [1.54, 1.807) is 28.4 Å². The fraction of sp³-hybridized carbons (Fsp3) is 0.667. The number of nitrogens with one attached hydrogen (secondary N) is 1. The van der Waals surface area contributed by atoms with E-state index in [-0.39, 0.29) is 24.0 Å². The van der Waals surface area contributed by atoms with Crippen LogP contribution in [0.1, 0.15) is 24.8 Å². The van der Waals surface area contributed by atoms with Crippen LogP contribution in [0.5, 0.6) is 17.2 Å². The Hall–Kier alpha value is -1.46. The van der Waals surface area contributed by atoms with Crippen molar-refractivity contribution in [1.82, 2.24) is 10.2 Å². The normalized spacial score (nSPS) is 14.8. The van der Waals surface area contributed by atoms with Crippen LogP contribution in [0.15, 0.2) is 17.1 Å². The maximum Gasteiger partial charge on any atom is 0.203 e. The molecular formula is C21H36IN3O5. The van der Waals surface area contributed by atoms with E-state index in [4.69, 9.17) is 23.7 Å². The quantitative estimate of drug-likeness (QED) is 0.213. The Morgan fingerprint density at radius 3 is 2.17 bits per heavy atom. The first-order valence-corrected chi connectivity index (χ1v) is 10.0. The molecule has 0 saturated carbocycles. The Kier molecular flexibility index (Phi) is 12.9. The van der Waals surface area contributed by atoms with Crippen LogP contribution < -0.4 is 19.5 Å². The van der Waals surface area contributed by atoms with Gasteiger partial charge in [0.1, 0.15) is 0 Å². The van der Waals surface area contributed by atoms with Crippen molar-refractivity contribution >= 4 is 29.9 Å². The number of hydrogen-bond donors (Lipinski definition) is 1. The molecule has 1 aromatic rings. The maximum atomic E-state index is 5.94. The SMILES string of the molecule is CN=C(NCc1cc(OC)c(OC)c(OC)c1)N1CCC(OCCCOC)CC1.I. The second-order valence-electron chi connectivity index (χ2n) is 6.84. The molecule has 0 bridgehead atoms. The zero-order valence-electron chi connectivity index (χ0n) is 18.7. The van der Waals surface area contributed by atoms with E-state index < -0.39 is 0 Å². The van der Waals surface area contributed by atoms with Gasteiger partial charge in [0.2, 0.25) is 5.75 Å². The van der Waals surface area contributed by atoms with Gasteiger partial charge in [0.05, 0.1) is 27.4 Å². The second kappa shape index (κ2) is 14.5. The molecule has 0 spiro atoms. The smallest absolute Gasteiger partial charge is 0.203 e. The summed E-state index contributed by atoms with van der Waals surface area (Å²) in [6.07, 6.45) is 3.25. The van der Waals surface area contributed by atoms with Gasteiger partial charge in [-0.25, -0.2) is 0 Å². The number of halogens is 1. The highest BCUT2D eigenvalue weighted by atomic mass is 127. The van der Waals surface area contributed by atoms with E-state index in [0.717, 1.165) is 57.1 Å². The van der Waals surface area contributed by atoms with Crippen molar-refractivity contribution in [2.24, 2.45) is 4.99 Å². The lowest BCUT2D eigenvalue weighted by Gasteiger charge is -2.34. The summed E-state index contributed by atoms with van der Waals surface area (Å²) in [5, 5.41) is 3.44. The van der Waals surface area contributed by atoms with Gasteiger partial charge in [-0.1, -0.05) is 0 Å². The fourth-order valence-corrected chi connectivity index (χ4v) is 3.44. The molecule has 1 aliphatic rings. The van der Waals surface area contributed by atoms with Crippen LogP contribution in [-0.4, -0.2) is 78.8 Å². The van der Waals surface area contributed by atoms with Crippen LogP contribution in [0, 0.1) is 0 Å². The highest BCUT2D eigenvalue weighted by Gasteiger charge is 2.22. The molecule has 2 rings (SSSR count). The number of nitrogens with zero attached hydrogens (tertiary/aromatic N) is 2. The highest BCUT2D eigenvalue weighted by molar-refractivity contribution is 14.0. The minimum Gasteiger partial charge on any atom is -0.493 e. The number of aliphatic imine (C=N–C) groups is 1. The van der Waals surface area contributed by atoms with Crippen LogP contribution in [0.4, 0.5) is 0 Å². The molecule has 1 fully saturated rings. The molecular weight excluding hydrogens is 501 g/mol. The van der Waals surface area contributed by atoms with Gasteiger partial charge in [0, 0.05) is 47.0 Å². The average molecular weight is 537 g/mol. The van der Waals surface area contributed by atoms with E-state index in [1.165, 1.54) is 0 Å². The van der Waals surface area contributed by atoms with E-state index in [2.05, 4.69) is 15.2 Å². The molecule has 0 aliphatic carbocycles. The topological polar surface area (TPSA) is 73.8 Å². The van der Waals surface area contributed by atoms with Crippen molar-refractivity contribution < 1.29 is 23.7 Å². The molecule has 0 amide bonds. The Labute approximate surface area is 197 Å².